The summed E-state index contributed by atoms with van der Waals surface area (Å²) < 4.78 is 24.0. The van der Waals surface area contributed by atoms with Gasteiger partial charge in [0.25, 0.3) is 5.78 Å². The number of hydrogen-bond acceptors (Lipinski definition) is 5. The average Bonchev–Trinajstić information content (AvgIpc) is 2.90. The predicted molar refractivity (Wildman–Crippen MR) is 139 cm³/mol. The average molecular weight is 484 g/mol. The van der Waals surface area contributed by atoms with Crippen LogP contribution in [0.5, 0.6) is 5.75 Å². The number of ether oxygens (including phenoxy) is 2. The van der Waals surface area contributed by atoms with Gasteiger partial charge < -0.3 is 9.47 Å². The first-order valence-electron chi connectivity index (χ1n) is 11.6. The number of halogens is 1. The van der Waals surface area contributed by atoms with Crippen molar-refractivity contribution in [2.45, 2.75) is 19.8 Å². The van der Waals surface area contributed by atoms with Crippen LogP contribution in [0.25, 0.3) is 28.1 Å². The zero-order chi connectivity index (χ0) is 25.7. The van der Waals surface area contributed by atoms with Crippen LogP contribution in [0.2, 0.25) is 0 Å². The molecule has 4 aromatic rings. The molecule has 0 spiro atoms. The van der Waals surface area contributed by atoms with Crippen LogP contribution in [0.1, 0.15) is 41.4 Å². The Morgan fingerprint density at radius 3 is 2.33 bits per heavy atom. The summed E-state index contributed by atoms with van der Waals surface area (Å²) >= 11 is 0. The molecule has 0 saturated carbocycles. The number of ketones is 1. The quantitative estimate of drug-likeness (QED) is 0.160. The minimum atomic E-state index is -0.909. The van der Waals surface area contributed by atoms with Crippen molar-refractivity contribution in [2.24, 2.45) is 0 Å². The molecular weight excluding hydrogens is 457 g/mol. The first-order chi connectivity index (χ1) is 17.4. The molecular formula is C30H26FNO4. The molecule has 5 nitrogen and oxygen atoms in total. The van der Waals surface area contributed by atoms with Crippen LogP contribution < -0.4 is 4.74 Å². The molecule has 0 atom stereocenters. The maximum absolute atomic E-state index is 13.7. The lowest BCUT2D eigenvalue weighted by Gasteiger charge is -2.17. The van der Waals surface area contributed by atoms with Gasteiger partial charge in [0.2, 0.25) is 0 Å². The van der Waals surface area contributed by atoms with Gasteiger partial charge in [0.15, 0.2) is 0 Å². The number of fused-ring (bicyclic) bond motifs is 1. The Bertz CT molecular complexity index is 1420. The van der Waals surface area contributed by atoms with Crippen molar-refractivity contribution >= 4 is 28.7 Å². The van der Waals surface area contributed by atoms with Crippen LogP contribution >= 0.6 is 0 Å². The molecule has 0 amide bonds. The Morgan fingerprint density at radius 2 is 1.67 bits per heavy atom. The maximum Gasteiger partial charge on any atom is 0.379 e. The van der Waals surface area contributed by atoms with Crippen LogP contribution in [-0.2, 0) is 9.53 Å². The van der Waals surface area contributed by atoms with Gasteiger partial charge in [-0.05, 0) is 60.0 Å². The number of carbonyl (C=O) groups is 2. The minimum absolute atomic E-state index is 0.161. The van der Waals surface area contributed by atoms with Gasteiger partial charge >= 0.3 is 5.97 Å². The summed E-state index contributed by atoms with van der Waals surface area (Å²) in [7, 11) is 1.17. The number of para-hydroxylation sites is 1. The molecule has 0 aliphatic carbocycles. The SMILES string of the molecule is COC(=O)C(=O)c1ccc(OC/C=C/c2c(C(C)C)nc3ccccc3c2-c2ccc(F)cc2)cc1. The molecule has 182 valence electrons. The van der Waals surface area contributed by atoms with Gasteiger partial charge in [-0.15, -0.1) is 0 Å². The number of benzene rings is 3. The molecule has 6 heteroatoms. The molecule has 0 radical (unpaired) electrons. The van der Waals surface area contributed by atoms with Gasteiger partial charge in [0.05, 0.1) is 18.3 Å². The Labute approximate surface area is 209 Å². The summed E-state index contributed by atoms with van der Waals surface area (Å²) in [6, 6.07) is 20.7. The number of methoxy groups -OCH3 is 1. The number of nitrogens with zero attached hydrogens (tertiary/aromatic N) is 1. The topological polar surface area (TPSA) is 65.5 Å². The Morgan fingerprint density at radius 1 is 0.972 bits per heavy atom. The monoisotopic (exact) mass is 483 g/mol. The van der Waals surface area contributed by atoms with E-state index in [-0.39, 0.29) is 23.9 Å². The fourth-order valence-corrected chi connectivity index (χ4v) is 4.01. The highest BCUT2D eigenvalue weighted by molar-refractivity contribution is 6.40. The third kappa shape index (κ3) is 5.33. The highest BCUT2D eigenvalue weighted by Crippen LogP contribution is 2.36. The van der Waals surface area contributed by atoms with E-state index in [9.17, 15) is 14.0 Å². The van der Waals surface area contributed by atoms with E-state index in [1.807, 2.05) is 36.4 Å². The van der Waals surface area contributed by atoms with Crippen LogP contribution in [0.15, 0.2) is 78.9 Å². The lowest BCUT2D eigenvalue weighted by atomic mass is 9.90. The van der Waals surface area contributed by atoms with Crippen LogP contribution in [0.3, 0.4) is 0 Å². The van der Waals surface area contributed by atoms with Gasteiger partial charge in [0.1, 0.15) is 18.2 Å². The summed E-state index contributed by atoms with van der Waals surface area (Å²) in [5.74, 6) is -1.18. The van der Waals surface area contributed by atoms with Crippen molar-refractivity contribution in [1.29, 1.82) is 0 Å². The predicted octanol–water partition coefficient (Wildman–Crippen LogP) is 6.61. The van der Waals surface area contributed by atoms with Gasteiger partial charge in [0, 0.05) is 22.1 Å². The molecule has 0 saturated heterocycles. The zero-order valence-corrected chi connectivity index (χ0v) is 20.3. The minimum Gasteiger partial charge on any atom is -0.490 e. The first kappa shape index (κ1) is 24.8. The molecule has 4 rings (SSSR count). The Hall–Kier alpha value is -4.32. The highest BCUT2D eigenvalue weighted by atomic mass is 19.1. The van der Waals surface area contributed by atoms with Crippen LogP contribution in [0, 0.1) is 5.82 Å². The van der Waals surface area contributed by atoms with E-state index in [1.54, 1.807) is 24.3 Å². The third-order valence-electron chi connectivity index (χ3n) is 5.76. The van der Waals surface area contributed by atoms with E-state index < -0.39 is 11.8 Å². The van der Waals surface area contributed by atoms with Gasteiger partial charge in [-0.3, -0.25) is 9.78 Å². The largest absolute Gasteiger partial charge is 0.490 e. The number of pyridine rings is 1. The molecule has 0 unspecified atom stereocenters. The fraction of sp³-hybridized carbons (Fsp3) is 0.167. The van der Waals surface area contributed by atoms with Gasteiger partial charge in [-0.25, -0.2) is 9.18 Å². The number of esters is 1. The lowest BCUT2D eigenvalue weighted by Crippen LogP contribution is -2.15. The summed E-state index contributed by atoms with van der Waals surface area (Å²) in [4.78, 5) is 28.2. The smallest absolute Gasteiger partial charge is 0.379 e. The van der Waals surface area contributed by atoms with E-state index in [1.165, 1.54) is 31.4 Å². The fourth-order valence-electron chi connectivity index (χ4n) is 4.01. The van der Waals surface area contributed by atoms with E-state index in [4.69, 9.17) is 9.72 Å². The van der Waals surface area contributed by atoms with Gasteiger partial charge in [-0.1, -0.05) is 50.3 Å². The Kier molecular flexibility index (Phi) is 7.54. The molecule has 1 heterocycles. The zero-order valence-electron chi connectivity index (χ0n) is 20.3. The van der Waals surface area contributed by atoms with Crippen molar-refractivity contribution < 1.29 is 23.5 Å². The number of carbonyl (C=O) groups excluding carboxylic acids is 2. The lowest BCUT2D eigenvalue weighted by molar-refractivity contribution is -0.135. The highest BCUT2D eigenvalue weighted by Gasteiger charge is 2.18. The Balaban J connectivity index is 1.64. The summed E-state index contributed by atoms with van der Waals surface area (Å²) in [6.07, 6.45) is 3.89. The third-order valence-corrected chi connectivity index (χ3v) is 5.76. The number of hydrogen-bond donors (Lipinski definition) is 0. The van der Waals surface area contributed by atoms with E-state index in [2.05, 4.69) is 18.6 Å². The maximum atomic E-state index is 13.7. The van der Waals surface area contributed by atoms with Gasteiger partial charge in [-0.2, -0.15) is 0 Å². The molecule has 1 aromatic heterocycles. The summed E-state index contributed by atoms with van der Waals surface area (Å²) in [5, 5.41) is 0.986. The van der Waals surface area contributed by atoms with E-state index in [0.29, 0.717) is 5.75 Å². The summed E-state index contributed by atoms with van der Waals surface area (Å²) in [6.45, 7) is 4.46. The van der Waals surface area contributed by atoms with E-state index >= 15 is 0 Å². The molecule has 0 fully saturated rings. The van der Waals surface area contributed by atoms with Crippen molar-refractivity contribution in [2.75, 3.05) is 13.7 Å². The molecule has 0 bridgehead atoms. The molecule has 0 N–H and O–H groups in total. The molecule has 0 aliphatic rings. The first-order valence-corrected chi connectivity index (χ1v) is 11.6. The second-order valence-electron chi connectivity index (χ2n) is 8.52. The van der Waals surface area contributed by atoms with Crippen molar-refractivity contribution in [3.05, 3.63) is 102 Å². The number of Topliss-reactive ketones (excluding diaryl/α,β-unsaturated/α-hetero) is 1. The van der Waals surface area contributed by atoms with Crippen LogP contribution in [0.4, 0.5) is 4.39 Å². The summed E-state index contributed by atoms with van der Waals surface area (Å²) in [5.41, 5.74) is 4.91. The molecule has 0 aliphatic heterocycles. The second-order valence-corrected chi connectivity index (χ2v) is 8.52. The number of aromatic nitrogens is 1. The molecule has 3 aromatic carbocycles. The van der Waals surface area contributed by atoms with Crippen molar-refractivity contribution in [3.8, 4) is 16.9 Å². The van der Waals surface area contributed by atoms with Crippen LogP contribution in [-0.4, -0.2) is 30.5 Å². The second kappa shape index (κ2) is 11.0. The molecule has 36 heavy (non-hydrogen) atoms. The van der Waals surface area contributed by atoms with Crippen molar-refractivity contribution in [3.63, 3.8) is 0 Å². The van der Waals surface area contributed by atoms with E-state index in [0.717, 1.165) is 33.3 Å². The normalized spacial score (nSPS) is 11.2. The van der Waals surface area contributed by atoms with Crippen molar-refractivity contribution in [1.82, 2.24) is 4.98 Å². The number of rotatable bonds is 8. The standard InChI is InChI=1S/C30H26FNO4/c1-19(2)28-25(8-6-18-36-23-16-12-21(13-17-23)29(33)30(34)35-3)27(20-10-14-22(31)15-11-20)24-7-4-5-9-26(24)32-28/h4-17,19H,18H2,1-3H3/b8-6+.